The second kappa shape index (κ2) is 6.02. The predicted octanol–water partition coefficient (Wildman–Crippen LogP) is 1.25. The molecule has 1 atom stereocenters. The molecule has 0 aliphatic carbocycles. The van der Waals surface area contributed by atoms with E-state index in [0.29, 0.717) is 18.5 Å². The van der Waals surface area contributed by atoms with Gasteiger partial charge in [0.05, 0.1) is 11.6 Å². The van der Waals surface area contributed by atoms with Crippen LogP contribution < -0.4 is 5.73 Å². The average molecular weight is 231 g/mol. The highest BCUT2D eigenvalue weighted by Gasteiger charge is 2.11. The van der Waals surface area contributed by atoms with Crippen LogP contribution in [0.5, 0.6) is 0 Å². The van der Waals surface area contributed by atoms with Gasteiger partial charge >= 0.3 is 0 Å². The molecule has 0 aromatic heterocycles. The summed E-state index contributed by atoms with van der Waals surface area (Å²) in [5.41, 5.74) is 7.21. The lowest BCUT2D eigenvalue weighted by Gasteiger charge is -2.18. The zero-order valence-corrected chi connectivity index (χ0v) is 10.2. The molecule has 0 aliphatic heterocycles. The molecule has 0 saturated carbocycles. The fourth-order valence-corrected chi connectivity index (χ4v) is 1.48. The summed E-state index contributed by atoms with van der Waals surface area (Å²) in [6, 6.07) is 9.15. The second-order valence-corrected chi connectivity index (χ2v) is 4.24. The van der Waals surface area contributed by atoms with Gasteiger partial charge in [0, 0.05) is 26.1 Å². The fraction of sp³-hybridized carbons (Fsp3) is 0.385. The van der Waals surface area contributed by atoms with Gasteiger partial charge in [-0.3, -0.25) is 4.79 Å². The number of nitrogens with two attached hydrogens (primary N) is 1. The van der Waals surface area contributed by atoms with Crippen LogP contribution in [0, 0.1) is 11.3 Å². The zero-order chi connectivity index (χ0) is 12.8. The maximum atomic E-state index is 11.7. The van der Waals surface area contributed by atoms with E-state index in [1.165, 1.54) is 0 Å². The number of carbonyl (C=O) groups excluding carboxylic acids is 1. The maximum absolute atomic E-state index is 11.7. The Balaban J connectivity index is 2.58. The molecule has 1 aromatic carbocycles. The van der Waals surface area contributed by atoms with Crippen molar-refractivity contribution in [1.29, 1.82) is 5.26 Å². The van der Waals surface area contributed by atoms with Crippen molar-refractivity contribution in [3.8, 4) is 6.07 Å². The molecule has 2 N–H and O–H groups in total. The third kappa shape index (κ3) is 4.25. The fourth-order valence-electron chi connectivity index (χ4n) is 1.48. The molecule has 0 radical (unpaired) electrons. The first-order valence-electron chi connectivity index (χ1n) is 5.51. The number of carbonyl (C=O) groups is 1. The first-order valence-corrected chi connectivity index (χ1v) is 5.51. The monoisotopic (exact) mass is 231 g/mol. The molecular weight excluding hydrogens is 214 g/mol. The smallest absolute Gasteiger partial charge is 0.224 e. The van der Waals surface area contributed by atoms with Crippen molar-refractivity contribution in [2.24, 2.45) is 5.73 Å². The van der Waals surface area contributed by atoms with E-state index in [9.17, 15) is 4.79 Å². The Morgan fingerprint density at radius 1 is 1.47 bits per heavy atom. The van der Waals surface area contributed by atoms with E-state index in [1.807, 2.05) is 19.1 Å². The van der Waals surface area contributed by atoms with Crippen LogP contribution in [-0.2, 0) is 11.3 Å². The molecule has 0 spiro atoms. The van der Waals surface area contributed by atoms with Crippen LogP contribution in [0.15, 0.2) is 24.3 Å². The molecule has 1 aromatic rings. The normalized spacial score (nSPS) is 11.6. The summed E-state index contributed by atoms with van der Waals surface area (Å²) in [7, 11) is 1.75. The lowest BCUT2D eigenvalue weighted by molar-refractivity contribution is -0.130. The summed E-state index contributed by atoms with van der Waals surface area (Å²) in [6.45, 7) is 2.35. The SMILES string of the molecule is CC(N)CC(=O)N(C)Cc1ccc(C#N)cc1. The lowest BCUT2D eigenvalue weighted by atomic mass is 10.1. The van der Waals surface area contributed by atoms with Crippen molar-refractivity contribution >= 4 is 5.91 Å². The molecule has 0 aliphatic rings. The average Bonchev–Trinajstić information content (AvgIpc) is 2.29. The van der Waals surface area contributed by atoms with Crippen molar-refractivity contribution in [1.82, 2.24) is 4.90 Å². The quantitative estimate of drug-likeness (QED) is 0.847. The molecule has 0 saturated heterocycles. The Labute approximate surface area is 102 Å². The van der Waals surface area contributed by atoms with Gasteiger partial charge in [0.15, 0.2) is 0 Å². The summed E-state index contributed by atoms with van der Waals surface area (Å²) in [5, 5.41) is 8.67. The largest absolute Gasteiger partial charge is 0.341 e. The van der Waals surface area contributed by atoms with Crippen molar-refractivity contribution in [3.63, 3.8) is 0 Å². The third-order valence-corrected chi connectivity index (χ3v) is 2.43. The number of hydrogen-bond donors (Lipinski definition) is 1. The minimum atomic E-state index is -0.120. The van der Waals surface area contributed by atoms with E-state index < -0.39 is 0 Å². The second-order valence-electron chi connectivity index (χ2n) is 4.24. The van der Waals surface area contributed by atoms with Crippen molar-refractivity contribution in [2.75, 3.05) is 7.05 Å². The van der Waals surface area contributed by atoms with Crippen LogP contribution in [0.3, 0.4) is 0 Å². The summed E-state index contributed by atoms with van der Waals surface area (Å²) in [5.74, 6) is 0.0318. The Morgan fingerprint density at radius 3 is 2.53 bits per heavy atom. The minimum Gasteiger partial charge on any atom is -0.341 e. The predicted molar refractivity (Wildman–Crippen MR) is 65.9 cm³/mol. The Morgan fingerprint density at radius 2 is 2.06 bits per heavy atom. The summed E-state index contributed by atoms with van der Waals surface area (Å²) in [4.78, 5) is 13.3. The Hall–Kier alpha value is -1.86. The van der Waals surface area contributed by atoms with E-state index in [-0.39, 0.29) is 11.9 Å². The molecule has 90 valence electrons. The molecule has 17 heavy (non-hydrogen) atoms. The van der Waals surface area contributed by atoms with Gasteiger partial charge in [0.2, 0.25) is 5.91 Å². The van der Waals surface area contributed by atoms with Gasteiger partial charge in [0.25, 0.3) is 0 Å². The maximum Gasteiger partial charge on any atom is 0.224 e. The highest BCUT2D eigenvalue weighted by atomic mass is 16.2. The standard InChI is InChI=1S/C13H17N3O/c1-10(15)7-13(17)16(2)9-12-5-3-11(8-14)4-6-12/h3-6,10H,7,9,15H2,1-2H3. The Bertz CT molecular complexity index is 417. The molecule has 0 fully saturated rings. The molecule has 0 heterocycles. The van der Waals surface area contributed by atoms with E-state index in [2.05, 4.69) is 6.07 Å². The van der Waals surface area contributed by atoms with Crippen LogP contribution in [0.4, 0.5) is 0 Å². The molecule has 1 rings (SSSR count). The first kappa shape index (κ1) is 13.2. The number of hydrogen-bond acceptors (Lipinski definition) is 3. The lowest BCUT2D eigenvalue weighted by Crippen LogP contribution is -2.31. The summed E-state index contributed by atoms with van der Waals surface area (Å²) < 4.78 is 0. The number of amides is 1. The van der Waals surface area contributed by atoms with Gasteiger partial charge < -0.3 is 10.6 Å². The van der Waals surface area contributed by atoms with Crippen molar-refractivity contribution in [2.45, 2.75) is 25.9 Å². The zero-order valence-electron chi connectivity index (χ0n) is 10.2. The highest BCUT2D eigenvalue weighted by Crippen LogP contribution is 2.07. The van der Waals surface area contributed by atoms with Gasteiger partial charge in [-0.15, -0.1) is 0 Å². The van der Waals surface area contributed by atoms with Crippen molar-refractivity contribution < 1.29 is 4.79 Å². The van der Waals surface area contributed by atoms with Gasteiger partial charge in [-0.05, 0) is 24.6 Å². The molecule has 0 bridgehead atoms. The van der Waals surface area contributed by atoms with Crippen LogP contribution in [0.25, 0.3) is 0 Å². The molecule has 4 nitrogen and oxygen atoms in total. The number of benzene rings is 1. The van der Waals surface area contributed by atoms with E-state index in [4.69, 9.17) is 11.0 Å². The third-order valence-electron chi connectivity index (χ3n) is 2.43. The van der Waals surface area contributed by atoms with Crippen LogP contribution in [-0.4, -0.2) is 23.9 Å². The molecule has 1 amide bonds. The Kier molecular flexibility index (Phi) is 4.68. The molecule has 1 unspecified atom stereocenters. The van der Waals surface area contributed by atoms with E-state index in [1.54, 1.807) is 24.1 Å². The van der Waals surface area contributed by atoms with Gasteiger partial charge in [-0.2, -0.15) is 5.26 Å². The van der Waals surface area contributed by atoms with E-state index in [0.717, 1.165) is 5.56 Å². The van der Waals surface area contributed by atoms with Gasteiger partial charge in [-0.25, -0.2) is 0 Å². The van der Waals surface area contributed by atoms with Gasteiger partial charge in [0.1, 0.15) is 0 Å². The van der Waals surface area contributed by atoms with E-state index >= 15 is 0 Å². The highest BCUT2D eigenvalue weighted by molar-refractivity contribution is 5.76. The molecule has 4 heteroatoms. The number of nitriles is 1. The van der Waals surface area contributed by atoms with Crippen LogP contribution in [0.1, 0.15) is 24.5 Å². The summed E-state index contributed by atoms with van der Waals surface area (Å²) >= 11 is 0. The molecular formula is C13H17N3O. The van der Waals surface area contributed by atoms with Gasteiger partial charge in [-0.1, -0.05) is 12.1 Å². The van der Waals surface area contributed by atoms with Crippen molar-refractivity contribution in [3.05, 3.63) is 35.4 Å². The van der Waals surface area contributed by atoms with Crippen LogP contribution in [0.2, 0.25) is 0 Å². The number of rotatable bonds is 4. The minimum absolute atomic E-state index is 0.0318. The number of nitrogens with zero attached hydrogens (tertiary/aromatic N) is 2. The summed E-state index contributed by atoms with van der Waals surface area (Å²) in [6.07, 6.45) is 0.354. The first-order chi connectivity index (χ1) is 8.02. The topological polar surface area (TPSA) is 70.1 Å². The van der Waals surface area contributed by atoms with Crippen LogP contribution >= 0.6 is 0 Å².